The molecule has 2 rings (SSSR count). The van der Waals surface area contributed by atoms with Gasteiger partial charge in [-0.15, -0.1) is 0 Å². The zero-order chi connectivity index (χ0) is 17.5. The molecule has 5 nitrogen and oxygen atoms in total. The van der Waals surface area contributed by atoms with E-state index in [4.69, 9.17) is 9.47 Å². The van der Waals surface area contributed by atoms with Crippen LogP contribution in [0.25, 0.3) is 6.08 Å². The lowest BCUT2D eigenvalue weighted by Crippen LogP contribution is -2.00. The molecule has 0 unspecified atom stereocenters. The van der Waals surface area contributed by atoms with Gasteiger partial charge in [0.15, 0.2) is 17.3 Å². The van der Waals surface area contributed by atoms with E-state index in [9.17, 15) is 4.79 Å². The van der Waals surface area contributed by atoms with Gasteiger partial charge in [-0.25, -0.2) is 0 Å². The number of carbonyl (C=O) groups excluding carboxylic acids is 1. The summed E-state index contributed by atoms with van der Waals surface area (Å²) in [7, 11) is 1.60. The van der Waals surface area contributed by atoms with Gasteiger partial charge in [0.05, 0.1) is 25.5 Å². The standard InChI is InChI=1S/C19H24N2O3/c1-5-10-24-18-9-7-15(11-19(18)23-4)6-8-17(22)16-12-20-21(13-16)14(2)3/h6-9,11-14H,5,10H2,1-4H3. The fourth-order valence-electron chi connectivity index (χ4n) is 2.13. The Morgan fingerprint density at radius 2 is 2.12 bits per heavy atom. The first-order chi connectivity index (χ1) is 11.5. The molecule has 0 saturated heterocycles. The van der Waals surface area contributed by atoms with Gasteiger partial charge in [0.25, 0.3) is 0 Å². The lowest BCUT2D eigenvalue weighted by molar-refractivity contribution is 0.104. The average Bonchev–Trinajstić information content (AvgIpc) is 3.08. The predicted molar refractivity (Wildman–Crippen MR) is 94.8 cm³/mol. The van der Waals surface area contributed by atoms with Crippen LogP contribution in [0.4, 0.5) is 0 Å². The maximum Gasteiger partial charge on any atom is 0.189 e. The molecule has 1 aromatic carbocycles. The van der Waals surface area contributed by atoms with Crippen LogP contribution in [0.3, 0.4) is 0 Å². The summed E-state index contributed by atoms with van der Waals surface area (Å²) in [6, 6.07) is 5.84. The monoisotopic (exact) mass is 328 g/mol. The smallest absolute Gasteiger partial charge is 0.189 e. The van der Waals surface area contributed by atoms with Gasteiger partial charge < -0.3 is 9.47 Å². The van der Waals surface area contributed by atoms with Crippen molar-refractivity contribution >= 4 is 11.9 Å². The Morgan fingerprint density at radius 1 is 1.33 bits per heavy atom. The number of aromatic nitrogens is 2. The Bertz CT molecular complexity index is 717. The van der Waals surface area contributed by atoms with Crippen LogP contribution in [0, 0.1) is 0 Å². The third kappa shape index (κ3) is 4.47. The van der Waals surface area contributed by atoms with Gasteiger partial charge in [-0.2, -0.15) is 5.10 Å². The molecule has 0 aliphatic carbocycles. The molecular weight excluding hydrogens is 304 g/mol. The minimum atomic E-state index is -0.0767. The van der Waals surface area contributed by atoms with Gasteiger partial charge in [0.1, 0.15) is 0 Å². The average molecular weight is 328 g/mol. The molecule has 0 aliphatic heterocycles. The van der Waals surface area contributed by atoms with Crippen LogP contribution in [0.5, 0.6) is 11.5 Å². The Hall–Kier alpha value is -2.56. The molecule has 2 aromatic rings. The summed E-state index contributed by atoms with van der Waals surface area (Å²) in [6.45, 7) is 6.73. The zero-order valence-corrected chi connectivity index (χ0v) is 14.7. The van der Waals surface area contributed by atoms with E-state index in [-0.39, 0.29) is 11.8 Å². The number of hydrogen-bond donors (Lipinski definition) is 0. The normalized spacial score (nSPS) is 11.2. The zero-order valence-electron chi connectivity index (χ0n) is 14.7. The van der Waals surface area contributed by atoms with Crippen molar-refractivity contribution in [2.24, 2.45) is 0 Å². The van der Waals surface area contributed by atoms with Crippen LogP contribution in [-0.2, 0) is 0 Å². The van der Waals surface area contributed by atoms with Crippen LogP contribution in [0.15, 0.2) is 36.7 Å². The minimum Gasteiger partial charge on any atom is -0.493 e. The molecular formula is C19H24N2O3. The number of hydrogen-bond acceptors (Lipinski definition) is 4. The second kappa shape index (κ2) is 8.34. The molecule has 1 heterocycles. The summed E-state index contributed by atoms with van der Waals surface area (Å²) in [5, 5.41) is 4.18. The van der Waals surface area contributed by atoms with Crippen molar-refractivity contribution in [3.63, 3.8) is 0 Å². The molecule has 128 valence electrons. The van der Waals surface area contributed by atoms with E-state index < -0.39 is 0 Å². The SMILES string of the molecule is CCCOc1ccc(C=CC(=O)c2cnn(C(C)C)c2)cc1OC. The van der Waals surface area contributed by atoms with E-state index >= 15 is 0 Å². The number of methoxy groups -OCH3 is 1. The van der Waals surface area contributed by atoms with Crippen molar-refractivity contribution < 1.29 is 14.3 Å². The van der Waals surface area contributed by atoms with Crippen LogP contribution in [-0.4, -0.2) is 29.3 Å². The maximum absolute atomic E-state index is 12.2. The number of benzene rings is 1. The molecule has 0 N–H and O–H groups in total. The molecule has 5 heteroatoms. The van der Waals surface area contributed by atoms with Crippen molar-refractivity contribution in [2.45, 2.75) is 33.2 Å². The molecule has 0 radical (unpaired) electrons. The Balaban J connectivity index is 2.11. The number of nitrogens with zero attached hydrogens (tertiary/aromatic N) is 2. The fourth-order valence-corrected chi connectivity index (χ4v) is 2.13. The molecule has 0 amide bonds. The molecule has 24 heavy (non-hydrogen) atoms. The topological polar surface area (TPSA) is 53.3 Å². The summed E-state index contributed by atoms with van der Waals surface area (Å²) >= 11 is 0. The Labute approximate surface area is 142 Å². The third-order valence-corrected chi connectivity index (χ3v) is 3.49. The summed E-state index contributed by atoms with van der Waals surface area (Å²) < 4.78 is 12.7. The molecule has 0 spiro atoms. The first kappa shape index (κ1) is 17.8. The van der Waals surface area contributed by atoms with Crippen LogP contribution in [0.2, 0.25) is 0 Å². The number of rotatable bonds is 8. The van der Waals surface area contributed by atoms with Gasteiger partial charge in [-0.1, -0.05) is 19.1 Å². The van der Waals surface area contributed by atoms with E-state index in [0.717, 1.165) is 12.0 Å². The van der Waals surface area contributed by atoms with Crippen LogP contribution in [0.1, 0.15) is 49.2 Å². The highest BCUT2D eigenvalue weighted by molar-refractivity contribution is 6.06. The van der Waals surface area contributed by atoms with E-state index in [1.165, 1.54) is 0 Å². The summed E-state index contributed by atoms with van der Waals surface area (Å²) in [5.74, 6) is 1.29. The Kier molecular flexibility index (Phi) is 6.18. The minimum absolute atomic E-state index is 0.0767. The molecule has 0 bridgehead atoms. The lowest BCUT2D eigenvalue weighted by Gasteiger charge is -2.10. The predicted octanol–water partition coefficient (Wildman–Crippen LogP) is 4.16. The molecule has 1 aromatic heterocycles. The van der Waals surface area contributed by atoms with Gasteiger partial charge >= 0.3 is 0 Å². The molecule has 0 aliphatic rings. The fraction of sp³-hybridized carbons (Fsp3) is 0.368. The lowest BCUT2D eigenvalue weighted by atomic mass is 10.1. The van der Waals surface area contributed by atoms with Gasteiger partial charge in [0.2, 0.25) is 0 Å². The van der Waals surface area contributed by atoms with Crippen LogP contribution < -0.4 is 9.47 Å². The highest BCUT2D eigenvalue weighted by atomic mass is 16.5. The number of carbonyl (C=O) groups is 1. The molecule has 0 saturated carbocycles. The maximum atomic E-state index is 12.2. The number of ketones is 1. The van der Waals surface area contributed by atoms with Crippen LogP contribution >= 0.6 is 0 Å². The largest absolute Gasteiger partial charge is 0.493 e. The third-order valence-electron chi connectivity index (χ3n) is 3.49. The highest BCUT2D eigenvalue weighted by Gasteiger charge is 2.08. The highest BCUT2D eigenvalue weighted by Crippen LogP contribution is 2.28. The first-order valence-electron chi connectivity index (χ1n) is 8.12. The van der Waals surface area contributed by atoms with Crippen molar-refractivity contribution in [3.8, 4) is 11.5 Å². The summed E-state index contributed by atoms with van der Waals surface area (Å²) in [5.41, 5.74) is 1.45. The van der Waals surface area contributed by atoms with Crippen molar-refractivity contribution in [3.05, 3.63) is 47.8 Å². The van der Waals surface area contributed by atoms with Gasteiger partial charge in [0, 0.05) is 12.2 Å². The van der Waals surface area contributed by atoms with Crippen molar-refractivity contribution in [1.29, 1.82) is 0 Å². The molecule has 0 fully saturated rings. The van der Waals surface area contributed by atoms with E-state index in [1.54, 1.807) is 36.3 Å². The second-order valence-corrected chi connectivity index (χ2v) is 5.76. The van der Waals surface area contributed by atoms with E-state index in [1.807, 2.05) is 32.0 Å². The molecule has 0 atom stereocenters. The second-order valence-electron chi connectivity index (χ2n) is 5.76. The van der Waals surface area contributed by atoms with Gasteiger partial charge in [-0.05, 0) is 44.0 Å². The first-order valence-corrected chi connectivity index (χ1v) is 8.12. The summed E-state index contributed by atoms with van der Waals surface area (Å²) in [6.07, 6.45) is 7.60. The van der Waals surface area contributed by atoms with Gasteiger partial charge in [-0.3, -0.25) is 9.48 Å². The van der Waals surface area contributed by atoms with E-state index in [2.05, 4.69) is 12.0 Å². The van der Waals surface area contributed by atoms with Crippen molar-refractivity contribution in [2.75, 3.05) is 13.7 Å². The Morgan fingerprint density at radius 3 is 2.75 bits per heavy atom. The van der Waals surface area contributed by atoms with Crippen molar-refractivity contribution in [1.82, 2.24) is 9.78 Å². The van der Waals surface area contributed by atoms with E-state index in [0.29, 0.717) is 23.7 Å². The number of ether oxygens (including phenoxy) is 2. The summed E-state index contributed by atoms with van der Waals surface area (Å²) in [4.78, 5) is 12.2. The quantitative estimate of drug-likeness (QED) is 0.539. The number of allylic oxidation sites excluding steroid dienone is 1.